The molecule has 0 fully saturated rings. The van der Waals surface area contributed by atoms with Gasteiger partial charge in [-0.2, -0.15) is 10.2 Å². The summed E-state index contributed by atoms with van der Waals surface area (Å²) in [6, 6.07) is 28.8. The Morgan fingerprint density at radius 1 is 0.780 bits per heavy atom. The van der Waals surface area contributed by atoms with Gasteiger partial charge in [0.25, 0.3) is 0 Å². The highest BCUT2D eigenvalue weighted by molar-refractivity contribution is 7.89. The van der Waals surface area contributed by atoms with Crippen molar-refractivity contribution in [3.05, 3.63) is 129 Å². The number of rotatable bonds is 6. The van der Waals surface area contributed by atoms with Crippen molar-refractivity contribution in [2.24, 2.45) is 10.2 Å². The summed E-state index contributed by atoms with van der Waals surface area (Å²) in [5.41, 5.74) is 5.80. The van der Waals surface area contributed by atoms with Crippen molar-refractivity contribution in [2.75, 3.05) is 5.01 Å². The lowest BCUT2D eigenvalue weighted by atomic mass is 9.96. The van der Waals surface area contributed by atoms with E-state index in [9.17, 15) is 8.42 Å². The summed E-state index contributed by atoms with van der Waals surface area (Å²) in [6.45, 7) is 0. The van der Waals surface area contributed by atoms with Gasteiger partial charge in [0.1, 0.15) is 0 Å². The smallest absolute Gasteiger partial charge is 0.238 e. The maximum absolute atomic E-state index is 11.9. The number of nitrogens with two attached hydrogens (primary N) is 1. The fraction of sp³-hybridized carbons (Fsp3) is 0.0667. The van der Waals surface area contributed by atoms with Crippen molar-refractivity contribution in [1.82, 2.24) is 9.78 Å². The Morgan fingerprint density at radius 3 is 2.12 bits per heavy atom. The highest BCUT2D eigenvalue weighted by Gasteiger charge is 2.34. The van der Waals surface area contributed by atoms with Crippen molar-refractivity contribution in [3.8, 4) is 16.9 Å². The maximum Gasteiger partial charge on any atom is 0.238 e. The van der Waals surface area contributed by atoms with Crippen LogP contribution in [-0.2, 0) is 10.0 Å². The van der Waals surface area contributed by atoms with Gasteiger partial charge in [0, 0.05) is 28.8 Å². The predicted octanol–water partition coefficient (Wildman–Crippen LogP) is 7.50. The lowest BCUT2D eigenvalue weighted by molar-refractivity contribution is 0.597. The van der Waals surface area contributed by atoms with Gasteiger partial charge in [-0.05, 0) is 66.2 Å². The summed E-state index contributed by atoms with van der Waals surface area (Å²) >= 11 is 18.7. The van der Waals surface area contributed by atoms with E-state index in [1.54, 1.807) is 24.3 Å². The van der Waals surface area contributed by atoms with E-state index in [0.29, 0.717) is 27.2 Å². The average Bonchev–Trinajstić information content (AvgIpc) is 3.60. The fourth-order valence-electron chi connectivity index (χ4n) is 4.81. The van der Waals surface area contributed by atoms with Gasteiger partial charge in [-0.15, -0.1) is 0 Å². The molecule has 2 N–H and O–H groups in total. The van der Waals surface area contributed by atoms with Gasteiger partial charge in [-0.1, -0.05) is 71.2 Å². The van der Waals surface area contributed by atoms with Crippen LogP contribution in [0.25, 0.3) is 16.9 Å². The summed E-state index contributed by atoms with van der Waals surface area (Å²) in [5.74, 6) is 0. The number of hydrogen-bond donors (Lipinski definition) is 1. The zero-order chi connectivity index (χ0) is 28.7. The van der Waals surface area contributed by atoms with E-state index in [0.717, 1.165) is 33.8 Å². The Hall–Kier alpha value is -3.66. The molecule has 1 atom stereocenters. The van der Waals surface area contributed by atoms with Crippen LogP contribution >= 0.6 is 34.8 Å². The Labute approximate surface area is 252 Å². The monoisotopic (exact) mass is 621 g/mol. The Kier molecular flexibility index (Phi) is 7.36. The van der Waals surface area contributed by atoms with Crippen molar-refractivity contribution in [2.45, 2.75) is 17.4 Å². The molecule has 2 heterocycles. The van der Waals surface area contributed by atoms with Crippen LogP contribution in [0.2, 0.25) is 15.1 Å². The van der Waals surface area contributed by atoms with Crippen LogP contribution < -0.4 is 10.1 Å². The zero-order valence-electron chi connectivity index (χ0n) is 21.3. The minimum atomic E-state index is -3.85. The van der Waals surface area contributed by atoms with Gasteiger partial charge in [-0.3, -0.25) is 5.01 Å². The number of sulfonamides is 1. The van der Waals surface area contributed by atoms with Gasteiger partial charge in [-0.25, -0.2) is 18.2 Å². The van der Waals surface area contributed by atoms with Crippen molar-refractivity contribution < 1.29 is 8.42 Å². The predicted molar refractivity (Wildman–Crippen MR) is 165 cm³/mol. The third kappa shape index (κ3) is 5.62. The number of nitrogens with zero attached hydrogens (tertiary/aromatic N) is 4. The minimum Gasteiger partial charge on any atom is -0.257 e. The first-order valence-corrected chi connectivity index (χ1v) is 15.2. The number of hydrogen-bond acceptors (Lipinski definition) is 5. The van der Waals surface area contributed by atoms with E-state index in [4.69, 9.17) is 50.1 Å². The molecule has 206 valence electrons. The van der Waals surface area contributed by atoms with Gasteiger partial charge >= 0.3 is 0 Å². The maximum atomic E-state index is 11.9. The van der Waals surface area contributed by atoms with Crippen molar-refractivity contribution >= 4 is 56.2 Å². The van der Waals surface area contributed by atoms with Crippen molar-refractivity contribution in [1.29, 1.82) is 0 Å². The number of hydrazone groups is 1. The number of para-hydroxylation sites is 1. The number of benzene rings is 4. The second-order valence-electron chi connectivity index (χ2n) is 9.50. The fourth-order valence-corrected chi connectivity index (χ4v) is 5.75. The van der Waals surface area contributed by atoms with E-state index < -0.39 is 10.0 Å². The van der Waals surface area contributed by atoms with Gasteiger partial charge in [0.05, 0.1) is 43.8 Å². The van der Waals surface area contributed by atoms with Crippen LogP contribution in [0.3, 0.4) is 0 Å². The van der Waals surface area contributed by atoms with Crippen LogP contribution in [0.15, 0.2) is 113 Å². The summed E-state index contributed by atoms with van der Waals surface area (Å²) in [7, 11) is -3.85. The summed E-state index contributed by atoms with van der Waals surface area (Å²) in [6.07, 6.45) is 2.53. The number of halogens is 3. The summed E-state index contributed by atoms with van der Waals surface area (Å²) < 4.78 is 25.7. The molecule has 0 spiro atoms. The normalized spacial score (nSPS) is 15.3. The van der Waals surface area contributed by atoms with E-state index in [1.165, 1.54) is 12.1 Å². The largest absolute Gasteiger partial charge is 0.257 e. The molecular formula is C30H22Cl3N5O2S. The molecule has 41 heavy (non-hydrogen) atoms. The lowest BCUT2D eigenvalue weighted by Crippen LogP contribution is -2.19. The minimum absolute atomic E-state index is 0.0180. The molecule has 1 aliphatic rings. The molecule has 0 radical (unpaired) electrons. The Morgan fingerprint density at radius 2 is 1.46 bits per heavy atom. The van der Waals surface area contributed by atoms with E-state index in [1.807, 2.05) is 76.6 Å². The molecule has 1 aromatic heterocycles. The Bertz CT molecular complexity index is 1870. The quantitative estimate of drug-likeness (QED) is 0.212. The topological polar surface area (TPSA) is 93.6 Å². The lowest BCUT2D eigenvalue weighted by Gasteiger charge is -2.24. The van der Waals surface area contributed by atoms with Gasteiger partial charge in [0.15, 0.2) is 0 Å². The number of aromatic nitrogens is 2. The Balaban J connectivity index is 1.51. The molecule has 0 saturated carbocycles. The molecule has 0 saturated heterocycles. The first-order chi connectivity index (χ1) is 19.7. The third-order valence-electron chi connectivity index (χ3n) is 6.83. The molecule has 11 heteroatoms. The van der Waals surface area contributed by atoms with Crippen molar-refractivity contribution in [3.63, 3.8) is 0 Å². The second kappa shape index (κ2) is 11.0. The molecule has 0 amide bonds. The SMILES string of the molecule is NS(=O)(=O)c1ccc(N2N=C(c3ccc(Cl)c(Cl)c3)CC2c2cn(-c3ccccc3)nc2-c2ccc(Cl)cc2)cc1. The molecule has 0 bridgehead atoms. The zero-order valence-corrected chi connectivity index (χ0v) is 24.4. The second-order valence-corrected chi connectivity index (χ2v) is 12.3. The van der Waals surface area contributed by atoms with Gasteiger partial charge < -0.3 is 0 Å². The van der Waals surface area contributed by atoms with Crippen LogP contribution in [0.5, 0.6) is 0 Å². The van der Waals surface area contributed by atoms with Crippen LogP contribution in [-0.4, -0.2) is 23.9 Å². The van der Waals surface area contributed by atoms with Crippen LogP contribution in [0, 0.1) is 0 Å². The standard InChI is InChI=1S/C30H22Cl3N5O2S/c31-21-9-6-19(7-10-21)30-25(18-37(36-30)22-4-2-1-3-5-22)29-17-28(20-8-15-26(32)27(33)16-20)35-38(29)23-11-13-24(14-12-23)41(34,39)40/h1-16,18,29H,17H2,(H2,34,39,40). The average molecular weight is 623 g/mol. The van der Waals surface area contributed by atoms with E-state index in [2.05, 4.69) is 0 Å². The molecule has 0 aliphatic carbocycles. The first-order valence-electron chi connectivity index (χ1n) is 12.5. The molecular weight excluding hydrogens is 601 g/mol. The van der Waals surface area contributed by atoms with Crippen LogP contribution in [0.1, 0.15) is 23.6 Å². The molecule has 4 aromatic carbocycles. The molecule has 1 unspecified atom stereocenters. The number of anilines is 1. The first kappa shape index (κ1) is 27.5. The molecule has 6 rings (SSSR count). The molecule has 5 aromatic rings. The van der Waals surface area contributed by atoms with E-state index in [-0.39, 0.29) is 10.9 Å². The highest BCUT2D eigenvalue weighted by atomic mass is 35.5. The third-order valence-corrected chi connectivity index (χ3v) is 8.75. The number of primary sulfonamides is 1. The van der Waals surface area contributed by atoms with Gasteiger partial charge in [0.2, 0.25) is 10.0 Å². The van der Waals surface area contributed by atoms with E-state index >= 15 is 0 Å². The highest BCUT2D eigenvalue weighted by Crippen LogP contribution is 2.41. The molecule has 1 aliphatic heterocycles. The summed E-state index contributed by atoms with van der Waals surface area (Å²) in [5, 5.41) is 18.7. The van der Waals surface area contributed by atoms with Crippen LogP contribution in [0.4, 0.5) is 5.69 Å². The molecule has 7 nitrogen and oxygen atoms in total. The summed E-state index contributed by atoms with van der Waals surface area (Å²) in [4.78, 5) is 0.0180.